The Labute approximate surface area is 145 Å². The molecule has 0 aromatic carbocycles. The topological polar surface area (TPSA) is 53.6 Å². The number of likely N-dealkylation sites (tertiary alicyclic amines) is 1. The number of hydrogen-bond acceptors (Lipinski definition) is 3. The fraction of sp³-hybridized carbons (Fsp3) is 0.882. The average molecular weight is 342 g/mol. The molecule has 0 aromatic heterocycles. The van der Waals surface area contributed by atoms with Crippen LogP contribution in [0, 0.1) is 0 Å². The van der Waals surface area contributed by atoms with Crippen LogP contribution in [-0.4, -0.2) is 46.9 Å². The second-order valence-corrected chi connectivity index (χ2v) is 8.10. The van der Waals surface area contributed by atoms with Gasteiger partial charge in [-0.1, -0.05) is 19.3 Å². The van der Waals surface area contributed by atoms with Crippen molar-refractivity contribution in [1.29, 1.82) is 0 Å². The molecule has 2 rings (SSSR count). The van der Waals surface area contributed by atoms with Crippen molar-refractivity contribution in [2.24, 2.45) is 0 Å². The molecule has 0 aromatic rings. The highest BCUT2D eigenvalue weighted by atomic mass is 32.1. The van der Waals surface area contributed by atoms with Gasteiger partial charge in [-0.3, -0.25) is 0 Å². The van der Waals surface area contributed by atoms with Crippen LogP contribution >= 0.6 is 12.2 Å². The summed E-state index contributed by atoms with van der Waals surface area (Å²) < 4.78 is 5.42. The lowest BCUT2D eigenvalue weighted by Crippen LogP contribution is -2.51. The number of ether oxygens (including phenoxy) is 1. The lowest BCUT2D eigenvalue weighted by molar-refractivity contribution is 0.0202. The van der Waals surface area contributed by atoms with Crippen molar-refractivity contribution < 1.29 is 9.53 Å². The van der Waals surface area contributed by atoms with Crippen LogP contribution in [-0.2, 0) is 4.74 Å². The first-order valence-electron chi connectivity index (χ1n) is 8.88. The maximum atomic E-state index is 12.1. The third kappa shape index (κ3) is 6.53. The minimum Gasteiger partial charge on any atom is -0.444 e. The van der Waals surface area contributed by atoms with Crippen molar-refractivity contribution in [2.75, 3.05) is 13.1 Å². The molecule has 1 heterocycles. The molecule has 1 amide bonds. The number of hydrogen-bond donors (Lipinski definition) is 2. The van der Waals surface area contributed by atoms with E-state index in [9.17, 15) is 4.79 Å². The van der Waals surface area contributed by atoms with Gasteiger partial charge in [-0.15, -0.1) is 0 Å². The number of rotatable bonds is 2. The Morgan fingerprint density at radius 2 is 1.52 bits per heavy atom. The van der Waals surface area contributed by atoms with Crippen LogP contribution in [0.15, 0.2) is 0 Å². The molecule has 5 nitrogen and oxygen atoms in total. The fourth-order valence-electron chi connectivity index (χ4n) is 3.19. The molecule has 0 radical (unpaired) electrons. The van der Waals surface area contributed by atoms with E-state index in [0.29, 0.717) is 12.1 Å². The van der Waals surface area contributed by atoms with Gasteiger partial charge in [-0.2, -0.15) is 0 Å². The van der Waals surface area contributed by atoms with E-state index in [-0.39, 0.29) is 6.09 Å². The Kier molecular flexibility index (Phi) is 6.50. The molecule has 1 saturated heterocycles. The van der Waals surface area contributed by atoms with Crippen molar-refractivity contribution in [3.05, 3.63) is 0 Å². The van der Waals surface area contributed by atoms with Crippen molar-refractivity contribution >= 4 is 23.4 Å². The minimum atomic E-state index is -0.433. The Morgan fingerprint density at radius 1 is 1.00 bits per heavy atom. The highest BCUT2D eigenvalue weighted by Gasteiger charge is 2.27. The van der Waals surface area contributed by atoms with Crippen molar-refractivity contribution in [3.63, 3.8) is 0 Å². The van der Waals surface area contributed by atoms with Gasteiger partial charge in [-0.05, 0) is 58.7 Å². The SMILES string of the molecule is CC(C)(C)OC(=O)N1CCC(NC(=S)NC2CCCCC2)CC1. The average Bonchev–Trinajstić information content (AvgIpc) is 2.47. The normalized spacial score (nSPS) is 20.9. The van der Waals surface area contributed by atoms with Crippen LogP contribution < -0.4 is 10.6 Å². The molecule has 0 spiro atoms. The first-order valence-corrected chi connectivity index (χ1v) is 9.29. The molecule has 1 saturated carbocycles. The zero-order valence-corrected chi connectivity index (χ0v) is 15.5. The van der Waals surface area contributed by atoms with Gasteiger partial charge < -0.3 is 20.3 Å². The highest BCUT2D eigenvalue weighted by molar-refractivity contribution is 7.80. The Hall–Kier alpha value is -1.04. The van der Waals surface area contributed by atoms with E-state index in [4.69, 9.17) is 17.0 Å². The molecule has 0 atom stereocenters. The largest absolute Gasteiger partial charge is 0.444 e. The summed E-state index contributed by atoms with van der Waals surface area (Å²) in [5.74, 6) is 0. The summed E-state index contributed by atoms with van der Waals surface area (Å²) in [6.45, 7) is 7.13. The van der Waals surface area contributed by atoms with E-state index in [1.54, 1.807) is 4.90 Å². The third-order valence-electron chi connectivity index (χ3n) is 4.42. The van der Waals surface area contributed by atoms with E-state index in [0.717, 1.165) is 31.0 Å². The van der Waals surface area contributed by atoms with Gasteiger partial charge in [0.1, 0.15) is 5.60 Å². The molecule has 2 aliphatic rings. The van der Waals surface area contributed by atoms with Gasteiger partial charge in [0.25, 0.3) is 0 Å². The zero-order chi connectivity index (χ0) is 16.9. The monoisotopic (exact) mass is 341 g/mol. The van der Waals surface area contributed by atoms with E-state index >= 15 is 0 Å². The predicted molar refractivity (Wildman–Crippen MR) is 96.6 cm³/mol. The second kappa shape index (κ2) is 8.18. The number of nitrogens with one attached hydrogen (secondary N) is 2. The smallest absolute Gasteiger partial charge is 0.410 e. The summed E-state index contributed by atoms with van der Waals surface area (Å²) in [5, 5.41) is 7.63. The zero-order valence-electron chi connectivity index (χ0n) is 14.7. The molecule has 0 bridgehead atoms. The van der Waals surface area contributed by atoms with E-state index in [1.807, 2.05) is 20.8 Å². The molecular formula is C17H31N3O2S. The lowest BCUT2D eigenvalue weighted by Gasteiger charge is -2.34. The number of amides is 1. The first kappa shape index (κ1) is 18.3. The Morgan fingerprint density at radius 3 is 2.04 bits per heavy atom. The van der Waals surface area contributed by atoms with Crippen molar-refractivity contribution in [2.45, 2.75) is 83.4 Å². The molecule has 23 heavy (non-hydrogen) atoms. The van der Waals surface area contributed by atoms with Gasteiger partial charge in [0.15, 0.2) is 5.11 Å². The molecular weight excluding hydrogens is 310 g/mol. The standard InChI is InChI=1S/C17H31N3O2S/c1-17(2,3)22-16(21)20-11-9-14(10-12-20)19-15(23)18-13-7-5-4-6-8-13/h13-14H,4-12H2,1-3H3,(H2,18,19,23). The van der Waals surface area contributed by atoms with Gasteiger partial charge in [0, 0.05) is 25.2 Å². The van der Waals surface area contributed by atoms with Gasteiger partial charge >= 0.3 is 6.09 Å². The molecule has 1 aliphatic carbocycles. The lowest BCUT2D eigenvalue weighted by atomic mass is 9.96. The van der Waals surface area contributed by atoms with Crippen molar-refractivity contribution in [3.8, 4) is 0 Å². The first-order chi connectivity index (χ1) is 10.8. The summed E-state index contributed by atoms with van der Waals surface area (Å²) in [5.41, 5.74) is -0.433. The summed E-state index contributed by atoms with van der Waals surface area (Å²) in [6.07, 6.45) is 8.00. The number of carbonyl (C=O) groups excluding carboxylic acids is 1. The summed E-state index contributed by atoms with van der Waals surface area (Å²) >= 11 is 5.44. The maximum absolute atomic E-state index is 12.1. The molecule has 1 aliphatic heterocycles. The third-order valence-corrected chi connectivity index (χ3v) is 4.66. The van der Waals surface area contributed by atoms with E-state index < -0.39 is 5.60 Å². The number of thiocarbonyl (C=S) groups is 1. The highest BCUT2D eigenvalue weighted by Crippen LogP contribution is 2.18. The number of nitrogens with zero attached hydrogens (tertiary/aromatic N) is 1. The molecule has 6 heteroatoms. The van der Waals surface area contributed by atoms with Crippen molar-refractivity contribution in [1.82, 2.24) is 15.5 Å². The van der Waals surface area contributed by atoms with Crippen LogP contribution in [0.2, 0.25) is 0 Å². The van der Waals surface area contributed by atoms with Crippen LogP contribution in [0.1, 0.15) is 65.7 Å². The summed E-state index contributed by atoms with van der Waals surface area (Å²) in [7, 11) is 0. The Bertz CT molecular complexity index is 409. The van der Waals surface area contributed by atoms with E-state index in [1.165, 1.54) is 32.1 Å². The predicted octanol–water partition coefficient (Wildman–Crippen LogP) is 3.18. The fourth-order valence-corrected chi connectivity index (χ4v) is 3.53. The van der Waals surface area contributed by atoms with Crippen LogP contribution in [0.25, 0.3) is 0 Å². The van der Waals surface area contributed by atoms with Gasteiger partial charge in [0.05, 0.1) is 0 Å². The number of piperidine rings is 1. The van der Waals surface area contributed by atoms with E-state index in [2.05, 4.69) is 10.6 Å². The van der Waals surface area contributed by atoms with Crippen LogP contribution in [0.3, 0.4) is 0 Å². The maximum Gasteiger partial charge on any atom is 0.410 e. The number of carbonyl (C=O) groups is 1. The van der Waals surface area contributed by atoms with Gasteiger partial charge in [-0.25, -0.2) is 4.79 Å². The minimum absolute atomic E-state index is 0.209. The molecule has 2 fully saturated rings. The molecule has 2 N–H and O–H groups in total. The van der Waals surface area contributed by atoms with Gasteiger partial charge in [0.2, 0.25) is 0 Å². The molecule has 132 valence electrons. The van der Waals surface area contributed by atoms with Crippen LogP contribution in [0.5, 0.6) is 0 Å². The summed E-state index contributed by atoms with van der Waals surface area (Å²) in [4.78, 5) is 13.8. The van der Waals surface area contributed by atoms with Crippen LogP contribution in [0.4, 0.5) is 4.79 Å². The quantitative estimate of drug-likeness (QED) is 0.756. The Balaban J connectivity index is 1.67. The second-order valence-electron chi connectivity index (χ2n) is 7.69. The molecule has 0 unspecified atom stereocenters. The summed E-state index contributed by atoms with van der Waals surface area (Å²) in [6, 6.07) is 0.878.